The summed E-state index contributed by atoms with van der Waals surface area (Å²) in [5.74, 6) is 8.30. The number of nitrogens with two attached hydrogens (primary N) is 1. The summed E-state index contributed by atoms with van der Waals surface area (Å²) in [6, 6.07) is 2.53. The quantitative estimate of drug-likeness (QED) is 0.641. The molecule has 1 aromatic heterocycles. The lowest BCUT2D eigenvalue weighted by molar-refractivity contribution is 0.209. The topological polar surface area (TPSA) is 70.3 Å². The van der Waals surface area contributed by atoms with Crippen molar-refractivity contribution < 1.29 is 0 Å². The van der Waals surface area contributed by atoms with Crippen molar-refractivity contribution in [3.05, 3.63) is 11.9 Å². The molecule has 1 saturated heterocycles. The van der Waals surface area contributed by atoms with Crippen molar-refractivity contribution in [1.29, 1.82) is 0 Å². The van der Waals surface area contributed by atoms with Crippen molar-refractivity contribution in [3.8, 4) is 0 Å². The molecule has 0 spiro atoms. The molecule has 1 aromatic rings. The zero-order valence-electron chi connectivity index (χ0n) is 12.9. The van der Waals surface area contributed by atoms with Crippen molar-refractivity contribution in [2.24, 2.45) is 5.84 Å². The van der Waals surface area contributed by atoms with E-state index in [1.165, 1.54) is 0 Å². The number of hydrogen-bond acceptors (Lipinski definition) is 6. The van der Waals surface area contributed by atoms with Crippen molar-refractivity contribution in [2.75, 3.05) is 36.5 Å². The Balaban J connectivity index is 2.15. The summed E-state index contributed by atoms with van der Waals surface area (Å²) in [6.45, 7) is 12.8. The number of nitrogens with one attached hydrogen (secondary N) is 1. The second-order valence-corrected chi connectivity index (χ2v) is 5.89. The lowest BCUT2D eigenvalue weighted by Gasteiger charge is -2.37. The Morgan fingerprint density at radius 3 is 2.25 bits per heavy atom. The fraction of sp³-hybridized carbons (Fsp3) is 0.714. The summed E-state index contributed by atoms with van der Waals surface area (Å²) in [7, 11) is 0. The van der Waals surface area contributed by atoms with E-state index in [4.69, 9.17) is 5.84 Å². The van der Waals surface area contributed by atoms with Crippen molar-refractivity contribution in [1.82, 2.24) is 14.9 Å². The summed E-state index contributed by atoms with van der Waals surface area (Å²) < 4.78 is 0. The molecule has 0 bridgehead atoms. The molecule has 2 rings (SSSR count). The van der Waals surface area contributed by atoms with E-state index in [1.54, 1.807) is 0 Å². The Hall–Kier alpha value is -1.40. The van der Waals surface area contributed by atoms with Crippen molar-refractivity contribution in [3.63, 3.8) is 0 Å². The van der Waals surface area contributed by atoms with E-state index < -0.39 is 0 Å². The van der Waals surface area contributed by atoms with E-state index in [0.29, 0.717) is 17.8 Å². The summed E-state index contributed by atoms with van der Waals surface area (Å²) >= 11 is 0. The highest BCUT2D eigenvalue weighted by Gasteiger charge is 2.21. The van der Waals surface area contributed by atoms with E-state index >= 15 is 0 Å². The molecule has 0 aliphatic carbocycles. The molecule has 1 aliphatic rings. The molecule has 112 valence electrons. The van der Waals surface area contributed by atoms with Gasteiger partial charge >= 0.3 is 0 Å². The maximum absolute atomic E-state index is 5.51. The highest BCUT2D eigenvalue weighted by atomic mass is 15.3. The van der Waals surface area contributed by atoms with Crippen LogP contribution in [0.1, 0.15) is 39.4 Å². The second-order valence-electron chi connectivity index (χ2n) is 5.89. The molecule has 0 amide bonds. The first kappa shape index (κ1) is 15.0. The summed E-state index contributed by atoms with van der Waals surface area (Å²) in [5.41, 5.74) is 2.64. The van der Waals surface area contributed by atoms with Gasteiger partial charge in [0.15, 0.2) is 0 Å². The highest BCUT2D eigenvalue weighted by molar-refractivity contribution is 5.49. The van der Waals surface area contributed by atoms with Gasteiger partial charge in [-0.1, -0.05) is 13.8 Å². The van der Waals surface area contributed by atoms with Gasteiger partial charge in [-0.05, 0) is 13.8 Å². The minimum absolute atomic E-state index is 0.291. The molecule has 2 heterocycles. The van der Waals surface area contributed by atoms with Gasteiger partial charge in [0, 0.05) is 44.2 Å². The fourth-order valence-electron chi connectivity index (χ4n) is 2.41. The summed E-state index contributed by atoms with van der Waals surface area (Å²) in [6.07, 6.45) is 0. The fourth-order valence-corrected chi connectivity index (χ4v) is 2.41. The van der Waals surface area contributed by atoms with Crippen LogP contribution >= 0.6 is 0 Å². The molecule has 0 aromatic carbocycles. The van der Waals surface area contributed by atoms with E-state index in [2.05, 4.69) is 52.9 Å². The maximum Gasteiger partial charge on any atom is 0.145 e. The monoisotopic (exact) mass is 278 g/mol. The predicted molar refractivity (Wildman–Crippen MR) is 82.9 cm³/mol. The van der Waals surface area contributed by atoms with E-state index in [1.807, 2.05) is 6.07 Å². The smallest absolute Gasteiger partial charge is 0.145 e. The first-order valence-electron chi connectivity index (χ1n) is 7.36. The molecule has 20 heavy (non-hydrogen) atoms. The van der Waals surface area contributed by atoms with Crippen molar-refractivity contribution in [2.45, 2.75) is 39.7 Å². The average Bonchev–Trinajstić information content (AvgIpc) is 2.46. The van der Waals surface area contributed by atoms with Crippen LogP contribution in [-0.2, 0) is 0 Å². The Morgan fingerprint density at radius 2 is 1.75 bits per heavy atom. The van der Waals surface area contributed by atoms with E-state index in [0.717, 1.165) is 37.8 Å². The van der Waals surface area contributed by atoms with Crippen LogP contribution in [0.4, 0.5) is 11.6 Å². The van der Waals surface area contributed by atoms with Crippen LogP contribution in [0.15, 0.2) is 6.07 Å². The van der Waals surface area contributed by atoms with Crippen LogP contribution in [0.25, 0.3) is 0 Å². The van der Waals surface area contributed by atoms with Gasteiger partial charge in [0.2, 0.25) is 0 Å². The number of hydrogen-bond donors (Lipinski definition) is 2. The molecule has 0 atom stereocenters. The van der Waals surface area contributed by atoms with Crippen LogP contribution in [0.5, 0.6) is 0 Å². The molecule has 0 saturated carbocycles. The lowest BCUT2D eigenvalue weighted by Crippen LogP contribution is -2.49. The van der Waals surface area contributed by atoms with E-state index in [9.17, 15) is 0 Å². The summed E-state index contributed by atoms with van der Waals surface area (Å²) in [5, 5.41) is 0. The number of nitrogens with zero attached hydrogens (tertiary/aromatic N) is 4. The van der Waals surface area contributed by atoms with Gasteiger partial charge in [0.25, 0.3) is 0 Å². The van der Waals surface area contributed by atoms with Gasteiger partial charge in [0.1, 0.15) is 17.5 Å². The molecule has 3 N–H and O–H groups in total. The SMILES string of the molecule is CC(C)c1nc(NN)cc(N2CCN(C(C)C)CC2)n1. The largest absolute Gasteiger partial charge is 0.354 e. The third kappa shape index (κ3) is 3.37. The average molecular weight is 278 g/mol. The van der Waals surface area contributed by atoms with Gasteiger partial charge in [-0.15, -0.1) is 0 Å². The van der Waals surface area contributed by atoms with Crippen LogP contribution in [0.2, 0.25) is 0 Å². The number of anilines is 2. The van der Waals surface area contributed by atoms with Crippen LogP contribution in [0, 0.1) is 0 Å². The molecule has 1 aliphatic heterocycles. The first-order valence-corrected chi connectivity index (χ1v) is 7.36. The minimum Gasteiger partial charge on any atom is -0.354 e. The molecule has 6 heteroatoms. The van der Waals surface area contributed by atoms with Crippen molar-refractivity contribution >= 4 is 11.6 Å². The van der Waals surface area contributed by atoms with Gasteiger partial charge < -0.3 is 10.3 Å². The predicted octanol–water partition coefficient (Wildman–Crippen LogP) is 1.42. The zero-order chi connectivity index (χ0) is 14.7. The summed E-state index contributed by atoms with van der Waals surface area (Å²) in [4.78, 5) is 13.9. The van der Waals surface area contributed by atoms with Gasteiger partial charge in [0.05, 0.1) is 0 Å². The van der Waals surface area contributed by atoms with Crippen LogP contribution in [-0.4, -0.2) is 47.1 Å². The Morgan fingerprint density at radius 1 is 1.10 bits per heavy atom. The van der Waals surface area contributed by atoms with E-state index in [-0.39, 0.29) is 0 Å². The second kappa shape index (κ2) is 6.37. The Kier molecular flexibility index (Phi) is 4.77. The number of piperazine rings is 1. The standard InChI is InChI=1S/C14H26N6/c1-10(2)14-16-12(18-15)9-13(17-14)20-7-5-19(6-8-20)11(3)4/h9-11H,5-8,15H2,1-4H3,(H,16,17,18). The lowest BCUT2D eigenvalue weighted by atomic mass is 10.2. The molecule has 0 unspecified atom stereocenters. The van der Waals surface area contributed by atoms with Crippen LogP contribution in [0.3, 0.4) is 0 Å². The maximum atomic E-state index is 5.51. The number of aromatic nitrogens is 2. The first-order chi connectivity index (χ1) is 9.51. The number of rotatable bonds is 4. The molecular formula is C14H26N6. The van der Waals surface area contributed by atoms with Crippen LogP contribution < -0.4 is 16.2 Å². The molecule has 6 nitrogen and oxygen atoms in total. The number of nitrogen functional groups attached to an aromatic ring is 1. The zero-order valence-corrected chi connectivity index (χ0v) is 12.9. The van der Waals surface area contributed by atoms with Gasteiger partial charge in [-0.2, -0.15) is 0 Å². The molecule has 0 radical (unpaired) electrons. The molecular weight excluding hydrogens is 252 g/mol. The Bertz CT molecular complexity index is 437. The minimum atomic E-state index is 0.291. The van der Waals surface area contributed by atoms with Gasteiger partial charge in [-0.3, -0.25) is 4.90 Å². The molecule has 1 fully saturated rings. The number of hydrazine groups is 1. The third-order valence-corrected chi connectivity index (χ3v) is 3.76. The highest BCUT2D eigenvalue weighted by Crippen LogP contribution is 2.21. The third-order valence-electron chi connectivity index (χ3n) is 3.76. The Labute approximate surface area is 121 Å². The normalized spacial score (nSPS) is 17.1. The van der Waals surface area contributed by atoms with Gasteiger partial charge in [-0.25, -0.2) is 15.8 Å².